The first kappa shape index (κ1) is 17.6. The first-order chi connectivity index (χ1) is 12.1. The molecule has 8 heteroatoms. The number of hydrogen-bond donors (Lipinski definition) is 3. The van der Waals surface area contributed by atoms with Crippen LogP contribution in [-0.4, -0.2) is 42.2 Å². The van der Waals surface area contributed by atoms with Crippen molar-refractivity contribution in [1.29, 1.82) is 0 Å². The molecule has 0 aromatic heterocycles. The molecular weight excluding hydrogens is 324 g/mol. The number of hydrogen-bond acceptors (Lipinski definition) is 6. The zero-order chi connectivity index (χ0) is 17.8. The number of piperidine rings is 2. The molecule has 0 atom stereocenters. The summed E-state index contributed by atoms with van der Waals surface area (Å²) in [5, 5.41) is 23.8. The van der Waals surface area contributed by atoms with Gasteiger partial charge in [-0.1, -0.05) is 6.07 Å². The second-order valence-electron chi connectivity index (χ2n) is 6.78. The normalized spacial score (nSPS) is 19.6. The van der Waals surface area contributed by atoms with Crippen LogP contribution in [0.25, 0.3) is 0 Å². The summed E-state index contributed by atoms with van der Waals surface area (Å²) in [4.78, 5) is 24.8. The summed E-state index contributed by atoms with van der Waals surface area (Å²) in [7, 11) is 0. The van der Waals surface area contributed by atoms with E-state index in [1.807, 2.05) is 4.90 Å². The summed E-state index contributed by atoms with van der Waals surface area (Å²) in [6.45, 7) is 3.50. The molecule has 0 saturated carbocycles. The quantitative estimate of drug-likeness (QED) is 0.436. The van der Waals surface area contributed by atoms with Crippen LogP contribution in [0.5, 0.6) is 0 Å². The van der Waals surface area contributed by atoms with E-state index in [0.717, 1.165) is 31.8 Å². The van der Waals surface area contributed by atoms with Crippen LogP contribution < -0.4 is 15.7 Å². The number of amides is 1. The predicted octanol–water partition coefficient (Wildman–Crippen LogP) is 1.93. The molecule has 0 radical (unpaired) electrons. The Kier molecular flexibility index (Phi) is 5.50. The van der Waals surface area contributed by atoms with Crippen molar-refractivity contribution >= 4 is 17.3 Å². The zero-order valence-corrected chi connectivity index (χ0v) is 14.1. The van der Waals surface area contributed by atoms with E-state index in [2.05, 4.69) is 5.32 Å². The number of para-hydroxylation sites is 1. The highest BCUT2D eigenvalue weighted by Crippen LogP contribution is 2.37. The van der Waals surface area contributed by atoms with Crippen LogP contribution in [0.4, 0.5) is 11.4 Å². The number of nitrogens with zero attached hydrogens (tertiary/aromatic N) is 2. The Labute approximate surface area is 146 Å². The lowest BCUT2D eigenvalue weighted by Gasteiger charge is -2.39. The van der Waals surface area contributed by atoms with Crippen LogP contribution in [0.1, 0.15) is 36.0 Å². The maximum Gasteiger partial charge on any atom is 0.293 e. The van der Waals surface area contributed by atoms with Gasteiger partial charge in [0.2, 0.25) is 0 Å². The Morgan fingerprint density at radius 3 is 2.44 bits per heavy atom. The highest BCUT2D eigenvalue weighted by molar-refractivity contribution is 6.01. The van der Waals surface area contributed by atoms with E-state index in [-0.39, 0.29) is 11.3 Å². The second kappa shape index (κ2) is 7.79. The van der Waals surface area contributed by atoms with E-state index in [1.165, 1.54) is 31.0 Å². The molecule has 8 nitrogen and oxygen atoms in total. The van der Waals surface area contributed by atoms with Crippen LogP contribution in [0, 0.1) is 22.0 Å². The summed E-state index contributed by atoms with van der Waals surface area (Å²) in [6.07, 6.45) is 4.32. The number of anilines is 1. The molecule has 2 saturated heterocycles. The van der Waals surface area contributed by atoms with Crippen molar-refractivity contribution in [1.82, 2.24) is 10.8 Å². The highest BCUT2D eigenvalue weighted by atomic mass is 16.6. The van der Waals surface area contributed by atoms with Gasteiger partial charge in [-0.15, -0.1) is 0 Å². The van der Waals surface area contributed by atoms with E-state index < -0.39 is 10.8 Å². The fourth-order valence-electron chi connectivity index (χ4n) is 4.16. The molecule has 0 aliphatic carbocycles. The van der Waals surface area contributed by atoms with Gasteiger partial charge in [0, 0.05) is 19.2 Å². The first-order valence-electron chi connectivity index (χ1n) is 8.79. The maximum absolute atomic E-state index is 11.9. The zero-order valence-electron chi connectivity index (χ0n) is 14.1. The molecular formula is C17H24N4O4. The lowest BCUT2D eigenvalue weighted by molar-refractivity contribution is -0.384. The van der Waals surface area contributed by atoms with Crippen LogP contribution in [0.15, 0.2) is 18.2 Å². The average Bonchev–Trinajstić information content (AvgIpc) is 2.67. The van der Waals surface area contributed by atoms with Gasteiger partial charge in [0.1, 0.15) is 5.69 Å². The SMILES string of the molecule is O=C(NO)c1cccc([N+](=O)[O-])c1N1CCC(C2CCNCC2)CC1. The smallest absolute Gasteiger partial charge is 0.293 e. The number of benzene rings is 1. The Hall–Kier alpha value is -2.19. The molecule has 2 heterocycles. The second-order valence-corrected chi connectivity index (χ2v) is 6.78. The molecule has 0 bridgehead atoms. The molecule has 3 N–H and O–H groups in total. The summed E-state index contributed by atoms with van der Waals surface area (Å²) in [6, 6.07) is 4.38. The van der Waals surface area contributed by atoms with Crippen LogP contribution in [-0.2, 0) is 0 Å². The molecule has 0 unspecified atom stereocenters. The van der Waals surface area contributed by atoms with Crippen molar-refractivity contribution in [3.8, 4) is 0 Å². The molecule has 1 aromatic carbocycles. The van der Waals surface area contributed by atoms with Crippen molar-refractivity contribution in [2.75, 3.05) is 31.1 Å². The predicted molar refractivity (Wildman–Crippen MR) is 92.9 cm³/mol. The number of rotatable bonds is 4. The fraction of sp³-hybridized carbons (Fsp3) is 0.588. The standard InChI is InChI=1S/C17H24N4O4/c22-17(19-23)14-2-1-3-15(21(24)25)16(14)20-10-6-13(7-11-20)12-4-8-18-9-5-12/h1-3,12-13,18,23H,4-11H2,(H,19,22). The van der Waals surface area contributed by atoms with Gasteiger partial charge in [0.15, 0.2) is 0 Å². The number of carbonyl (C=O) groups excluding carboxylic acids is 1. The van der Waals surface area contributed by atoms with Gasteiger partial charge in [-0.3, -0.25) is 20.1 Å². The average molecular weight is 348 g/mol. The van der Waals surface area contributed by atoms with Gasteiger partial charge in [0.25, 0.3) is 11.6 Å². The lowest BCUT2D eigenvalue weighted by Crippen LogP contribution is -2.40. The monoisotopic (exact) mass is 348 g/mol. The number of carbonyl (C=O) groups is 1. The summed E-state index contributed by atoms with van der Waals surface area (Å²) >= 11 is 0. The van der Waals surface area contributed by atoms with Crippen molar-refractivity contribution in [2.45, 2.75) is 25.7 Å². The molecule has 136 valence electrons. The Morgan fingerprint density at radius 1 is 1.20 bits per heavy atom. The Morgan fingerprint density at radius 2 is 1.84 bits per heavy atom. The highest BCUT2D eigenvalue weighted by Gasteiger charge is 2.32. The van der Waals surface area contributed by atoms with Gasteiger partial charge < -0.3 is 10.2 Å². The van der Waals surface area contributed by atoms with Gasteiger partial charge >= 0.3 is 0 Å². The maximum atomic E-state index is 11.9. The lowest BCUT2D eigenvalue weighted by atomic mass is 9.79. The molecule has 1 aromatic rings. The molecule has 25 heavy (non-hydrogen) atoms. The van der Waals surface area contributed by atoms with Crippen LogP contribution in [0.3, 0.4) is 0 Å². The third-order valence-electron chi connectivity index (χ3n) is 5.46. The molecule has 3 rings (SSSR count). The van der Waals surface area contributed by atoms with Gasteiger partial charge in [-0.05, 0) is 56.7 Å². The van der Waals surface area contributed by atoms with Gasteiger partial charge in [-0.25, -0.2) is 5.48 Å². The minimum absolute atomic E-state index is 0.0959. The Bertz CT molecular complexity index is 638. The molecule has 1 amide bonds. The van der Waals surface area contributed by atoms with Crippen molar-refractivity contribution in [2.24, 2.45) is 11.8 Å². The van der Waals surface area contributed by atoms with E-state index in [4.69, 9.17) is 5.21 Å². The number of nitro groups is 1. The van der Waals surface area contributed by atoms with Crippen LogP contribution in [0.2, 0.25) is 0 Å². The van der Waals surface area contributed by atoms with E-state index in [0.29, 0.717) is 24.7 Å². The molecule has 2 fully saturated rings. The van der Waals surface area contributed by atoms with E-state index in [1.54, 1.807) is 5.48 Å². The van der Waals surface area contributed by atoms with Crippen molar-refractivity contribution < 1.29 is 14.9 Å². The Balaban J connectivity index is 1.80. The number of nitrogens with one attached hydrogen (secondary N) is 2. The third kappa shape index (κ3) is 3.74. The summed E-state index contributed by atoms with van der Waals surface area (Å²) in [5.41, 5.74) is 1.94. The molecule has 0 spiro atoms. The number of nitro benzene ring substituents is 1. The van der Waals surface area contributed by atoms with E-state index >= 15 is 0 Å². The molecule has 2 aliphatic rings. The third-order valence-corrected chi connectivity index (χ3v) is 5.46. The van der Waals surface area contributed by atoms with Crippen molar-refractivity contribution in [3.05, 3.63) is 33.9 Å². The minimum Gasteiger partial charge on any atom is -0.365 e. The molecule has 2 aliphatic heterocycles. The number of hydroxylamine groups is 1. The summed E-state index contributed by atoms with van der Waals surface area (Å²) in [5.74, 6) is 0.629. The fourth-order valence-corrected chi connectivity index (χ4v) is 4.16. The summed E-state index contributed by atoms with van der Waals surface area (Å²) < 4.78 is 0. The van der Waals surface area contributed by atoms with Crippen molar-refractivity contribution in [3.63, 3.8) is 0 Å². The topological polar surface area (TPSA) is 108 Å². The van der Waals surface area contributed by atoms with Gasteiger partial charge in [-0.2, -0.15) is 0 Å². The van der Waals surface area contributed by atoms with E-state index in [9.17, 15) is 14.9 Å². The minimum atomic E-state index is -0.723. The first-order valence-corrected chi connectivity index (χ1v) is 8.79. The largest absolute Gasteiger partial charge is 0.365 e. The van der Waals surface area contributed by atoms with Gasteiger partial charge in [0.05, 0.1) is 10.5 Å². The van der Waals surface area contributed by atoms with Crippen LogP contribution >= 0.6 is 0 Å².